The summed E-state index contributed by atoms with van der Waals surface area (Å²) >= 11 is 24.0. The molecule has 0 atom stereocenters. The third-order valence-corrected chi connectivity index (χ3v) is 4.58. The largest absolute Gasteiger partial charge is 0.497 e. The van der Waals surface area contributed by atoms with Gasteiger partial charge >= 0.3 is 0 Å². The topological polar surface area (TPSA) is 50.7 Å². The van der Waals surface area contributed by atoms with Gasteiger partial charge in [0.15, 0.2) is 0 Å². The number of carbonyl (C=O) groups is 1. The highest BCUT2D eigenvalue weighted by atomic mass is 35.5. The molecule has 0 saturated carbocycles. The molecule has 0 aliphatic carbocycles. The molecule has 0 aromatic heterocycles. The van der Waals surface area contributed by atoms with Crippen LogP contribution in [0.3, 0.4) is 0 Å². The minimum absolute atomic E-state index is 0.0460. The SMILES string of the molecule is COc1ccc(Cl)c(CC(=O)N/N=C/c2c(Cl)ccc(Cl)c2Cl)c1. The van der Waals surface area contributed by atoms with E-state index in [0.29, 0.717) is 31.9 Å². The van der Waals surface area contributed by atoms with Crippen LogP contribution in [0, 0.1) is 0 Å². The van der Waals surface area contributed by atoms with Gasteiger partial charge in [-0.1, -0.05) is 46.4 Å². The van der Waals surface area contributed by atoms with Gasteiger partial charge in [0.25, 0.3) is 0 Å². The number of carbonyl (C=O) groups excluding carboxylic acids is 1. The summed E-state index contributed by atoms with van der Waals surface area (Å²) in [6, 6.07) is 8.24. The fraction of sp³-hybridized carbons (Fsp3) is 0.125. The third-order valence-electron chi connectivity index (χ3n) is 3.07. The van der Waals surface area contributed by atoms with Crippen molar-refractivity contribution < 1.29 is 9.53 Å². The second kappa shape index (κ2) is 8.58. The van der Waals surface area contributed by atoms with Gasteiger partial charge in [0.1, 0.15) is 5.75 Å². The molecular formula is C16H12Cl4N2O2. The predicted octanol–water partition coefficient (Wildman–Crippen LogP) is 5.00. The number of hydrogen-bond acceptors (Lipinski definition) is 3. The first-order valence-corrected chi connectivity index (χ1v) is 8.21. The molecule has 24 heavy (non-hydrogen) atoms. The Hall–Kier alpha value is -1.46. The molecule has 8 heteroatoms. The maximum atomic E-state index is 12.0. The van der Waals surface area contributed by atoms with E-state index in [0.717, 1.165) is 0 Å². The predicted molar refractivity (Wildman–Crippen MR) is 98.9 cm³/mol. The number of halogens is 4. The smallest absolute Gasteiger partial charge is 0.244 e. The second-order valence-electron chi connectivity index (χ2n) is 4.68. The maximum Gasteiger partial charge on any atom is 0.244 e. The Morgan fingerprint density at radius 1 is 1.12 bits per heavy atom. The van der Waals surface area contributed by atoms with Crippen molar-refractivity contribution in [2.75, 3.05) is 7.11 Å². The molecule has 0 spiro atoms. The first-order chi connectivity index (χ1) is 11.4. The lowest BCUT2D eigenvalue weighted by Crippen LogP contribution is -2.20. The van der Waals surface area contributed by atoms with Crippen LogP contribution in [0.25, 0.3) is 0 Å². The van der Waals surface area contributed by atoms with Crippen molar-refractivity contribution >= 4 is 58.5 Å². The summed E-state index contributed by atoms with van der Waals surface area (Å²) in [6.45, 7) is 0. The zero-order valence-electron chi connectivity index (χ0n) is 12.4. The molecule has 0 saturated heterocycles. The van der Waals surface area contributed by atoms with E-state index in [2.05, 4.69) is 10.5 Å². The van der Waals surface area contributed by atoms with E-state index in [4.69, 9.17) is 51.1 Å². The third kappa shape index (κ3) is 4.77. The quantitative estimate of drug-likeness (QED) is 0.432. The van der Waals surface area contributed by atoms with Gasteiger partial charge in [0.2, 0.25) is 5.91 Å². The van der Waals surface area contributed by atoms with E-state index >= 15 is 0 Å². The van der Waals surface area contributed by atoms with Gasteiger partial charge in [0, 0.05) is 10.6 Å². The maximum absolute atomic E-state index is 12.0. The van der Waals surface area contributed by atoms with Crippen LogP contribution in [0.2, 0.25) is 20.1 Å². The van der Waals surface area contributed by atoms with Crippen LogP contribution in [-0.4, -0.2) is 19.2 Å². The van der Waals surface area contributed by atoms with E-state index in [1.54, 1.807) is 30.3 Å². The second-order valence-corrected chi connectivity index (χ2v) is 6.28. The number of methoxy groups -OCH3 is 1. The van der Waals surface area contributed by atoms with Crippen molar-refractivity contribution in [3.63, 3.8) is 0 Å². The van der Waals surface area contributed by atoms with Crippen LogP contribution in [0.15, 0.2) is 35.4 Å². The summed E-state index contributed by atoms with van der Waals surface area (Å²) in [5, 5.41) is 5.29. The van der Waals surface area contributed by atoms with Crippen LogP contribution in [0.4, 0.5) is 0 Å². The molecule has 0 aliphatic rings. The molecular weight excluding hydrogens is 394 g/mol. The summed E-state index contributed by atoms with van der Waals surface area (Å²) in [5.41, 5.74) is 3.44. The first-order valence-electron chi connectivity index (χ1n) is 6.70. The van der Waals surface area contributed by atoms with Crippen molar-refractivity contribution in [3.8, 4) is 5.75 Å². The minimum atomic E-state index is -0.351. The van der Waals surface area contributed by atoms with Gasteiger partial charge in [-0.05, 0) is 35.9 Å². The van der Waals surface area contributed by atoms with Crippen LogP contribution >= 0.6 is 46.4 Å². The molecule has 2 aromatic carbocycles. The molecule has 0 aliphatic heterocycles. The Balaban J connectivity index is 2.05. The van der Waals surface area contributed by atoms with Gasteiger partial charge in [-0.2, -0.15) is 5.10 Å². The molecule has 0 fully saturated rings. The standard InChI is InChI=1S/C16H12Cl4N2O2/c1-24-10-2-3-12(17)9(6-10)7-15(23)22-21-8-11-13(18)4-5-14(19)16(11)20/h2-6,8H,7H2,1H3,(H,22,23)/b21-8+. The van der Waals surface area contributed by atoms with Crippen molar-refractivity contribution in [2.24, 2.45) is 5.10 Å². The van der Waals surface area contributed by atoms with Gasteiger partial charge in [-0.3, -0.25) is 4.79 Å². The number of nitrogens with zero attached hydrogens (tertiary/aromatic N) is 1. The minimum Gasteiger partial charge on any atom is -0.497 e. The number of benzene rings is 2. The monoisotopic (exact) mass is 404 g/mol. The fourth-order valence-electron chi connectivity index (χ4n) is 1.86. The number of rotatable bonds is 5. The van der Waals surface area contributed by atoms with E-state index in [1.807, 2.05) is 0 Å². The van der Waals surface area contributed by atoms with E-state index in [-0.39, 0.29) is 17.4 Å². The normalized spacial score (nSPS) is 10.9. The average molecular weight is 406 g/mol. The number of ether oxygens (including phenoxy) is 1. The van der Waals surface area contributed by atoms with Gasteiger partial charge in [0.05, 0.1) is 34.8 Å². The van der Waals surface area contributed by atoms with Gasteiger partial charge in [-0.15, -0.1) is 0 Å². The number of nitrogens with one attached hydrogen (secondary N) is 1. The van der Waals surface area contributed by atoms with Gasteiger partial charge in [-0.25, -0.2) is 5.43 Å². The molecule has 2 aromatic rings. The first kappa shape index (κ1) is 18.9. The molecule has 0 radical (unpaired) electrons. The Morgan fingerprint density at radius 2 is 1.79 bits per heavy atom. The van der Waals surface area contributed by atoms with E-state index in [1.165, 1.54) is 13.3 Å². The van der Waals surface area contributed by atoms with Crippen LogP contribution in [0.5, 0.6) is 5.75 Å². The lowest BCUT2D eigenvalue weighted by Gasteiger charge is -2.06. The van der Waals surface area contributed by atoms with Crippen molar-refractivity contribution in [2.45, 2.75) is 6.42 Å². The molecule has 1 N–H and O–H groups in total. The van der Waals surface area contributed by atoms with Crippen LogP contribution in [-0.2, 0) is 11.2 Å². The zero-order chi connectivity index (χ0) is 17.7. The van der Waals surface area contributed by atoms with Crippen LogP contribution in [0.1, 0.15) is 11.1 Å². The van der Waals surface area contributed by atoms with Crippen molar-refractivity contribution in [3.05, 3.63) is 61.5 Å². The van der Waals surface area contributed by atoms with E-state index < -0.39 is 0 Å². The zero-order valence-corrected chi connectivity index (χ0v) is 15.5. The highest BCUT2D eigenvalue weighted by Gasteiger charge is 2.09. The highest BCUT2D eigenvalue weighted by molar-refractivity contribution is 6.45. The summed E-state index contributed by atoms with van der Waals surface area (Å²) in [6.07, 6.45) is 1.38. The molecule has 126 valence electrons. The molecule has 0 heterocycles. The highest BCUT2D eigenvalue weighted by Crippen LogP contribution is 2.30. The Bertz CT molecular complexity index is 794. The Kier molecular flexibility index (Phi) is 6.75. The van der Waals surface area contributed by atoms with Crippen molar-refractivity contribution in [1.29, 1.82) is 0 Å². The molecule has 0 bridgehead atoms. The lowest BCUT2D eigenvalue weighted by atomic mass is 10.1. The summed E-state index contributed by atoms with van der Waals surface area (Å²) in [5.74, 6) is 0.263. The molecule has 4 nitrogen and oxygen atoms in total. The number of hydrogen-bond donors (Lipinski definition) is 1. The van der Waals surface area contributed by atoms with Crippen LogP contribution < -0.4 is 10.2 Å². The summed E-state index contributed by atoms with van der Waals surface area (Å²) in [4.78, 5) is 12.0. The number of amides is 1. The molecule has 0 unspecified atom stereocenters. The summed E-state index contributed by atoms with van der Waals surface area (Å²) in [7, 11) is 1.54. The number of hydrazone groups is 1. The summed E-state index contributed by atoms with van der Waals surface area (Å²) < 4.78 is 5.11. The fourth-order valence-corrected chi connectivity index (χ4v) is 2.67. The molecule has 1 amide bonds. The average Bonchev–Trinajstić information content (AvgIpc) is 2.56. The Morgan fingerprint density at radius 3 is 2.50 bits per heavy atom. The van der Waals surface area contributed by atoms with Crippen molar-refractivity contribution in [1.82, 2.24) is 5.43 Å². The van der Waals surface area contributed by atoms with Gasteiger partial charge < -0.3 is 4.74 Å². The Labute approximate surface area is 159 Å². The van der Waals surface area contributed by atoms with E-state index in [9.17, 15) is 4.79 Å². The lowest BCUT2D eigenvalue weighted by molar-refractivity contribution is -0.120. The molecule has 2 rings (SSSR count).